The number of nitrogens with one attached hydrogen (secondary N) is 1. The molecule has 1 unspecified atom stereocenters. The van der Waals surface area contributed by atoms with Crippen LogP contribution in [-0.2, 0) is 4.74 Å². The van der Waals surface area contributed by atoms with E-state index in [1.54, 1.807) is 7.11 Å². The van der Waals surface area contributed by atoms with Gasteiger partial charge in [0.1, 0.15) is 11.6 Å². The monoisotopic (exact) mass is 235 g/mol. The number of methoxy groups -OCH3 is 1. The summed E-state index contributed by atoms with van der Waals surface area (Å²) in [6, 6.07) is 6.15. The average molecular weight is 235 g/mol. The number of rotatable bonds is 5. The van der Waals surface area contributed by atoms with E-state index in [2.05, 4.69) is 34.3 Å². The molecule has 0 bridgehead atoms. The first-order chi connectivity index (χ1) is 8.33. The Bertz CT molecular complexity index is 356. The van der Waals surface area contributed by atoms with Crippen LogP contribution < -0.4 is 10.2 Å². The van der Waals surface area contributed by atoms with Gasteiger partial charge in [0.2, 0.25) is 0 Å². The van der Waals surface area contributed by atoms with Crippen molar-refractivity contribution in [2.24, 2.45) is 5.92 Å². The highest BCUT2D eigenvalue weighted by atomic mass is 16.5. The standard InChI is InChI=1S/C13H21N3O/c1-3-14-12-5-4-6-13(15-12)16-8-7-11(9-16)10-17-2/h4-6,11H,3,7-10H2,1-2H3,(H,14,15). The van der Waals surface area contributed by atoms with Crippen LogP contribution in [0.5, 0.6) is 0 Å². The van der Waals surface area contributed by atoms with Crippen molar-refractivity contribution in [3.05, 3.63) is 18.2 Å². The lowest BCUT2D eigenvalue weighted by molar-refractivity contribution is 0.161. The quantitative estimate of drug-likeness (QED) is 0.847. The van der Waals surface area contributed by atoms with Gasteiger partial charge in [0, 0.05) is 32.7 Å². The minimum atomic E-state index is 0.643. The zero-order chi connectivity index (χ0) is 12.1. The van der Waals surface area contributed by atoms with Crippen LogP contribution in [0, 0.1) is 5.92 Å². The summed E-state index contributed by atoms with van der Waals surface area (Å²) in [7, 11) is 1.77. The SMILES string of the molecule is CCNc1cccc(N2CCC(COC)C2)n1. The molecule has 1 N–H and O–H groups in total. The molecule has 1 aromatic heterocycles. The van der Waals surface area contributed by atoms with Crippen LogP contribution in [0.25, 0.3) is 0 Å². The molecule has 1 aliphatic heterocycles. The summed E-state index contributed by atoms with van der Waals surface area (Å²) in [6.45, 7) is 5.97. The Balaban J connectivity index is 2.00. The van der Waals surface area contributed by atoms with Crippen molar-refractivity contribution >= 4 is 11.6 Å². The van der Waals surface area contributed by atoms with Crippen molar-refractivity contribution in [2.45, 2.75) is 13.3 Å². The Kier molecular flexibility index (Phi) is 4.20. The van der Waals surface area contributed by atoms with Gasteiger partial charge in [-0.25, -0.2) is 4.98 Å². The fourth-order valence-corrected chi connectivity index (χ4v) is 2.29. The Hall–Kier alpha value is -1.29. The number of hydrogen-bond donors (Lipinski definition) is 1. The molecule has 2 heterocycles. The van der Waals surface area contributed by atoms with Crippen LogP contribution >= 0.6 is 0 Å². The van der Waals surface area contributed by atoms with Crippen LogP contribution in [0.15, 0.2) is 18.2 Å². The number of nitrogens with zero attached hydrogens (tertiary/aromatic N) is 2. The molecular formula is C13H21N3O. The molecule has 0 radical (unpaired) electrons. The van der Waals surface area contributed by atoms with Gasteiger partial charge in [0.15, 0.2) is 0 Å². The first kappa shape index (κ1) is 12.2. The van der Waals surface area contributed by atoms with Crippen LogP contribution in [0.2, 0.25) is 0 Å². The van der Waals surface area contributed by atoms with Crippen LogP contribution in [0.1, 0.15) is 13.3 Å². The number of anilines is 2. The predicted molar refractivity (Wildman–Crippen MR) is 70.6 cm³/mol. The third-order valence-corrected chi connectivity index (χ3v) is 3.10. The molecule has 1 saturated heterocycles. The van der Waals surface area contributed by atoms with E-state index in [4.69, 9.17) is 4.74 Å². The van der Waals surface area contributed by atoms with Gasteiger partial charge in [0.05, 0.1) is 6.61 Å². The van der Waals surface area contributed by atoms with Gasteiger partial charge in [0.25, 0.3) is 0 Å². The Labute approximate surface area is 103 Å². The number of aromatic nitrogens is 1. The van der Waals surface area contributed by atoms with Crippen molar-refractivity contribution in [1.29, 1.82) is 0 Å². The second-order valence-corrected chi connectivity index (χ2v) is 4.47. The molecule has 1 fully saturated rings. The zero-order valence-corrected chi connectivity index (χ0v) is 10.6. The minimum Gasteiger partial charge on any atom is -0.384 e. The molecule has 1 atom stereocenters. The maximum atomic E-state index is 5.21. The fraction of sp³-hybridized carbons (Fsp3) is 0.615. The van der Waals surface area contributed by atoms with Crippen molar-refractivity contribution in [3.63, 3.8) is 0 Å². The fourth-order valence-electron chi connectivity index (χ4n) is 2.29. The van der Waals surface area contributed by atoms with Gasteiger partial charge in [-0.3, -0.25) is 0 Å². The van der Waals surface area contributed by atoms with Crippen molar-refractivity contribution in [1.82, 2.24) is 4.98 Å². The van der Waals surface area contributed by atoms with E-state index in [0.717, 1.165) is 37.9 Å². The van der Waals surface area contributed by atoms with Gasteiger partial charge in [-0.05, 0) is 25.5 Å². The van der Waals surface area contributed by atoms with E-state index >= 15 is 0 Å². The summed E-state index contributed by atoms with van der Waals surface area (Å²) < 4.78 is 5.21. The smallest absolute Gasteiger partial charge is 0.130 e. The Morgan fingerprint density at radius 1 is 1.53 bits per heavy atom. The second kappa shape index (κ2) is 5.87. The Morgan fingerprint density at radius 2 is 2.41 bits per heavy atom. The molecule has 0 saturated carbocycles. The van der Waals surface area contributed by atoms with E-state index in [1.165, 1.54) is 6.42 Å². The second-order valence-electron chi connectivity index (χ2n) is 4.47. The molecule has 0 amide bonds. The molecule has 1 aromatic rings. The van der Waals surface area contributed by atoms with E-state index in [1.807, 2.05) is 6.07 Å². The number of hydrogen-bond acceptors (Lipinski definition) is 4. The average Bonchev–Trinajstić information content (AvgIpc) is 2.79. The lowest BCUT2D eigenvalue weighted by Crippen LogP contribution is -2.22. The molecule has 1 aliphatic rings. The van der Waals surface area contributed by atoms with Gasteiger partial charge in [-0.1, -0.05) is 6.07 Å². The summed E-state index contributed by atoms with van der Waals surface area (Å²) in [4.78, 5) is 6.95. The molecule has 0 aliphatic carbocycles. The lowest BCUT2D eigenvalue weighted by Gasteiger charge is -2.18. The van der Waals surface area contributed by atoms with Crippen LogP contribution in [0.3, 0.4) is 0 Å². The zero-order valence-electron chi connectivity index (χ0n) is 10.6. The normalized spacial score (nSPS) is 19.6. The summed E-state index contributed by atoms with van der Waals surface area (Å²) in [5.41, 5.74) is 0. The number of pyridine rings is 1. The molecular weight excluding hydrogens is 214 g/mol. The lowest BCUT2D eigenvalue weighted by atomic mass is 10.1. The minimum absolute atomic E-state index is 0.643. The summed E-state index contributed by atoms with van der Waals surface area (Å²) >= 11 is 0. The van der Waals surface area contributed by atoms with E-state index in [0.29, 0.717) is 5.92 Å². The van der Waals surface area contributed by atoms with Gasteiger partial charge in [-0.15, -0.1) is 0 Å². The molecule has 0 spiro atoms. The first-order valence-corrected chi connectivity index (χ1v) is 6.28. The van der Waals surface area contributed by atoms with E-state index in [-0.39, 0.29) is 0 Å². The summed E-state index contributed by atoms with van der Waals surface area (Å²) in [5.74, 6) is 2.67. The molecule has 2 rings (SSSR count). The van der Waals surface area contributed by atoms with Gasteiger partial charge >= 0.3 is 0 Å². The largest absolute Gasteiger partial charge is 0.384 e. The highest BCUT2D eigenvalue weighted by Crippen LogP contribution is 2.23. The number of ether oxygens (including phenoxy) is 1. The molecule has 17 heavy (non-hydrogen) atoms. The van der Waals surface area contributed by atoms with Gasteiger partial charge in [-0.2, -0.15) is 0 Å². The molecule has 0 aromatic carbocycles. The van der Waals surface area contributed by atoms with E-state index < -0.39 is 0 Å². The molecule has 4 heteroatoms. The highest BCUT2D eigenvalue weighted by molar-refractivity contribution is 5.47. The van der Waals surface area contributed by atoms with E-state index in [9.17, 15) is 0 Å². The predicted octanol–water partition coefficient (Wildman–Crippen LogP) is 1.99. The van der Waals surface area contributed by atoms with Crippen molar-refractivity contribution in [3.8, 4) is 0 Å². The molecule has 4 nitrogen and oxygen atoms in total. The maximum absolute atomic E-state index is 5.21. The summed E-state index contributed by atoms with van der Waals surface area (Å²) in [5, 5.41) is 3.25. The highest BCUT2D eigenvalue weighted by Gasteiger charge is 2.23. The van der Waals surface area contributed by atoms with Crippen LogP contribution in [0.4, 0.5) is 11.6 Å². The van der Waals surface area contributed by atoms with Crippen molar-refractivity contribution in [2.75, 3.05) is 43.6 Å². The Morgan fingerprint density at radius 3 is 3.18 bits per heavy atom. The maximum Gasteiger partial charge on any atom is 0.130 e. The third-order valence-electron chi connectivity index (χ3n) is 3.10. The topological polar surface area (TPSA) is 37.4 Å². The molecule has 94 valence electrons. The third kappa shape index (κ3) is 3.09. The van der Waals surface area contributed by atoms with Crippen LogP contribution in [-0.4, -0.2) is 38.3 Å². The van der Waals surface area contributed by atoms with Crippen molar-refractivity contribution < 1.29 is 4.74 Å². The van der Waals surface area contributed by atoms with Gasteiger partial charge < -0.3 is 15.0 Å². The first-order valence-electron chi connectivity index (χ1n) is 6.28. The summed E-state index contributed by atoms with van der Waals surface area (Å²) in [6.07, 6.45) is 1.20.